The molecule has 148 valence electrons. The number of fused-ring (bicyclic) bond motifs is 1. The van der Waals surface area contributed by atoms with Gasteiger partial charge in [-0.15, -0.1) is 0 Å². The topological polar surface area (TPSA) is 138 Å². The Labute approximate surface area is 162 Å². The average Bonchev–Trinajstić information content (AvgIpc) is 3.31. The highest BCUT2D eigenvalue weighted by atomic mass is 19.1. The van der Waals surface area contributed by atoms with E-state index < -0.39 is 23.0 Å². The van der Waals surface area contributed by atoms with Gasteiger partial charge < -0.3 is 16.0 Å². The van der Waals surface area contributed by atoms with E-state index in [-0.39, 0.29) is 11.3 Å². The van der Waals surface area contributed by atoms with Crippen molar-refractivity contribution in [2.24, 2.45) is 0 Å². The van der Waals surface area contributed by atoms with Gasteiger partial charge in [0.2, 0.25) is 5.78 Å². The number of hydrogen-bond donors (Lipinski definition) is 4. The third-order valence-corrected chi connectivity index (χ3v) is 4.35. The summed E-state index contributed by atoms with van der Waals surface area (Å²) in [6, 6.07) is 2.02. The van der Waals surface area contributed by atoms with Crippen LogP contribution in [0, 0.1) is 18.6 Å². The number of ketones is 1. The monoisotopic (exact) mass is 398 g/mol. The van der Waals surface area contributed by atoms with Crippen molar-refractivity contribution in [3.05, 3.63) is 59.1 Å². The molecule has 5 N–H and O–H groups in total. The SMILES string of the molecule is Cc1nc(CCNc2ncnc3[nH]cc(C(=O)c4c(F)ccc(N)c4F)c23)n[nH]1. The summed E-state index contributed by atoms with van der Waals surface area (Å²) in [4.78, 5) is 28.2. The predicted octanol–water partition coefficient (Wildman–Crippen LogP) is 2.13. The van der Waals surface area contributed by atoms with Crippen molar-refractivity contribution in [2.75, 3.05) is 17.6 Å². The first-order valence-electron chi connectivity index (χ1n) is 8.67. The van der Waals surface area contributed by atoms with E-state index in [0.717, 1.165) is 12.1 Å². The summed E-state index contributed by atoms with van der Waals surface area (Å²) in [7, 11) is 0. The molecule has 9 nitrogen and oxygen atoms in total. The molecule has 0 aliphatic heterocycles. The quantitative estimate of drug-likeness (QED) is 0.288. The third-order valence-electron chi connectivity index (χ3n) is 4.35. The van der Waals surface area contributed by atoms with Gasteiger partial charge in [-0.25, -0.2) is 23.7 Å². The maximum absolute atomic E-state index is 14.3. The van der Waals surface area contributed by atoms with E-state index in [9.17, 15) is 13.6 Å². The summed E-state index contributed by atoms with van der Waals surface area (Å²) >= 11 is 0. The fourth-order valence-corrected chi connectivity index (χ4v) is 2.98. The van der Waals surface area contributed by atoms with E-state index in [1.54, 1.807) is 6.92 Å². The second-order valence-electron chi connectivity index (χ2n) is 6.32. The van der Waals surface area contributed by atoms with Gasteiger partial charge in [0, 0.05) is 19.2 Å². The van der Waals surface area contributed by atoms with Gasteiger partial charge in [-0.3, -0.25) is 9.89 Å². The minimum absolute atomic E-state index is 0.0280. The van der Waals surface area contributed by atoms with Gasteiger partial charge in [-0.2, -0.15) is 5.10 Å². The summed E-state index contributed by atoms with van der Waals surface area (Å²) in [6.45, 7) is 2.22. The molecule has 29 heavy (non-hydrogen) atoms. The maximum Gasteiger partial charge on any atom is 0.201 e. The Morgan fingerprint density at radius 2 is 2.10 bits per heavy atom. The lowest BCUT2D eigenvalue weighted by molar-refractivity contribution is 0.103. The van der Waals surface area contributed by atoms with Crippen LogP contribution >= 0.6 is 0 Å². The molecule has 4 aromatic rings. The van der Waals surface area contributed by atoms with E-state index in [0.29, 0.717) is 41.5 Å². The minimum Gasteiger partial charge on any atom is -0.396 e. The molecular formula is C18H16F2N8O. The first-order valence-corrected chi connectivity index (χ1v) is 8.67. The summed E-state index contributed by atoms with van der Waals surface area (Å²) in [5, 5.41) is 10.2. The molecule has 0 atom stereocenters. The van der Waals surface area contributed by atoms with E-state index in [2.05, 4.69) is 35.5 Å². The number of carbonyl (C=O) groups is 1. The number of nitrogens with two attached hydrogens (primary N) is 1. The highest BCUT2D eigenvalue weighted by Crippen LogP contribution is 2.28. The van der Waals surface area contributed by atoms with Crippen molar-refractivity contribution in [3.63, 3.8) is 0 Å². The largest absolute Gasteiger partial charge is 0.396 e. The molecule has 0 spiro atoms. The van der Waals surface area contributed by atoms with Gasteiger partial charge in [0.1, 0.15) is 29.4 Å². The fourth-order valence-electron chi connectivity index (χ4n) is 2.98. The van der Waals surface area contributed by atoms with Gasteiger partial charge in [-0.05, 0) is 19.1 Å². The molecule has 0 fully saturated rings. The lowest BCUT2D eigenvalue weighted by Gasteiger charge is -2.08. The maximum atomic E-state index is 14.3. The van der Waals surface area contributed by atoms with Crippen LogP contribution in [0.1, 0.15) is 27.6 Å². The third kappa shape index (κ3) is 3.37. The number of carbonyl (C=O) groups excluding carboxylic acids is 1. The van der Waals surface area contributed by atoms with Gasteiger partial charge >= 0.3 is 0 Å². The Balaban J connectivity index is 1.67. The zero-order valence-electron chi connectivity index (χ0n) is 15.3. The molecule has 0 radical (unpaired) electrons. The Morgan fingerprint density at radius 3 is 2.86 bits per heavy atom. The summed E-state index contributed by atoms with van der Waals surface area (Å²) in [5.74, 6) is -1.29. The van der Waals surface area contributed by atoms with E-state index in [4.69, 9.17) is 5.73 Å². The molecular weight excluding hydrogens is 382 g/mol. The molecule has 3 heterocycles. The van der Waals surface area contributed by atoms with Crippen LogP contribution in [0.15, 0.2) is 24.7 Å². The molecule has 3 aromatic heterocycles. The number of aryl methyl sites for hydroxylation is 1. The molecule has 0 saturated carbocycles. The molecule has 0 aliphatic rings. The molecule has 0 saturated heterocycles. The fraction of sp³-hybridized carbons (Fsp3) is 0.167. The molecule has 0 aliphatic carbocycles. The number of H-pyrrole nitrogens is 2. The number of nitrogen functional groups attached to an aromatic ring is 1. The number of nitrogens with one attached hydrogen (secondary N) is 3. The highest BCUT2D eigenvalue weighted by Gasteiger charge is 2.25. The van der Waals surface area contributed by atoms with Crippen LogP contribution in [-0.2, 0) is 6.42 Å². The zero-order chi connectivity index (χ0) is 20.5. The molecule has 0 bridgehead atoms. The number of aromatic nitrogens is 6. The number of aromatic amines is 2. The summed E-state index contributed by atoms with van der Waals surface area (Å²) in [5.41, 5.74) is 4.83. The Hall–Kier alpha value is -3.89. The lowest BCUT2D eigenvalue weighted by atomic mass is 10.0. The van der Waals surface area contributed by atoms with Crippen molar-refractivity contribution in [1.29, 1.82) is 0 Å². The predicted molar refractivity (Wildman–Crippen MR) is 101 cm³/mol. The van der Waals surface area contributed by atoms with Gasteiger partial charge in [0.15, 0.2) is 11.6 Å². The molecule has 1 aromatic carbocycles. The zero-order valence-corrected chi connectivity index (χ0v) is 15.3. The van der Waals surface area contributed by atoms with E-state index in [1.165, 1.54) is 12.5 Å². The van der Waals surface area contributed by atoms with Gasteiger partial charge in [0.05, 0.1) is 22.2 Å². The van der Waals surface area contributed by atoms with Crippen LogP contribution in [0.25, 0.3) is 11.0 Å². The van der Waals surface area contributed by atoms with Crippen LogP contribution in [-0.4, -0.2) is 42.5 Å². The van der Waals surface area contributed by atoms with E-state index >= 15 is 0 Å². The van der Waals surface area contributed by atoms with Crippen LogP contribution in [0.4, 0.5) is 20.3 Å². The molecule has 4 rings (SSSR count). The highest BCUT2D eigenvalue weighted by molar-refractivity contribution is 6.18. The summed E-state index contributed by atoms with van der Waals surface area (Å²) in [6.07, 6.45) is 3.16. The average molecular weight is 398 g/mol. The first-order chi connectivity index (χ1) is 14.0. The lowest BCUT2D eigenvalue weighted by Crippen LogP contribution is -2.11. The van der Waals surface area contributed by atoms with Crippen LogP contribution in [0.5, 0.6) is 0 Å². The minimum atomic E-state index is -1.10. The van der Waals surface area contributed by atoms with E-state index in [1.807, 2.05) is 0 Å². The number of hydrogen-bond acceptors (Lipinski definition) is 7. The van der Waals surface area contributed by atoms with Crippen molar-refractivity contribution in [2.45, 2.75) is 13.3 Å². The Kier molecular flexibility index (Phi) is 4.63. The van der Waals surface area contributed by atoms with Crippen molar-refractivity contribution in [3.8, 4) is 0 Å². The first kappa shape index (κ1) is 18.5. The normalized spacial score (nSPS) is 11.1. The number of halogens is 2. The second-order valence-corrected chi connectivity index (χ2v) is 6.32. The Morgan fingerprint density at radius 1 is 1.28 bits per heavy atom. The number of anilines is 2. The van der Waals surface area contributed by atoms with Crippen molar-refractivity contribution < 1.29 is 13.6 Å². The van der Waals surface area contributed by atoms with Gasteiger partial charge in [-0.1, -0.05) is 0 Å². The van der Waals surface area contributed by atoms with Crippen molar-refractivity contribution >= 4 is 28.3 Å². The smallest absolute Gasteiger partial charge is 0.201 e. The number of rotatable bonds is 6. The standard InChI is InChI=1S/C18H16F2N8O/c1-8-26-12(28-27-8)4-5-22-17-13-9(6-23-18(13)25-7-24-17)16(29)14-10(19)2-3-11(21)15(14)20/h2-3,6-7H,4-5,21H2,1H3,(H,26,27,28)(H2,22,23,24,25). The number of nitrogens with zero attached hydrogens (tertiary/aromatic N) is 4. The number of benzene rings is 1. The second kappa shape index (κ2) is 7.26. The summed E-state index contributed by atoms with van der Waals surface area (Å²) < 4.78 is 28.5. The Bertz CT molecular complexity index is 1220. The van der Waals surface area contributed by atoms with Crippen LogP contribution in [0.3, 0.4) is 0 Å². The molecule has 11 heteroatoms. The molecule has 0 unspecified atom stereocenters. The van der Waals surface area contributed by atoms with Crippen LogP contribution in [0.2, 0.25) is 0 Å². The van der Waals surface area contributed by atoms with Gasteiger partial charge in [0.25, 0.3) is 0 Å². The molecule has 0 amide bonds. The van der Waals surface area contributed by atoms with Crippen LogP contribution < -0.4 is 11.1 Å². The van der Waals surface area contributed by atoms with Crippen molar-refractivity contribution in [1.82, 2.24) is 30.1 Å².